The third-order valence-electron chi connectivity index (χ3n) is 6.42. The number of hydrogen-bond acceptors (Lipinski definition) is 8. The molecule has 12 nitrogen and oxygen atoms in total. The number of rotatable bonds is 13. The molecule has 0 aliphatic rings. The van der Waals surface area contributed by atoms with E-state index in [-0.39, 0.29) is 24.2 Å². The molecule has 0 aliphatic heterocycles. The minimum absolute atomic E-state index is 0.0593. The van der Waals surface area contributed by atoms with Gasteiger partial charge in [0.15, 0.2) is 11.3 Å². The summed E-state index contributed by atoms with van der Waals surface area (Å²) in [6.07, 6.45) is 6.47. The van der Waals surface area contributed by atoms with Crippen molar-refractivity contribution in [3.05, 3.63) is 45.1 Å². The number of halogens is 2. The summed E-state index contributed by atoms with van der Waals surface area (Å²) in [7, 11) is -2.25. The number of amides is 1. The van der Waals surface area contributed by atoms with Crippen LogP contribution in [0.4, 0.5) is 0 Å². The van der Waals surface area contributed by atoms with Crippen molar-refractivity contribution in [3.63, 3.8) is 0 Å². The second-order valence-corrected chi connectivity index (χ2v) is 26.3. The van der Waals surface area contributed by atoms with Gasteiger partial charge in [-0.2, -0.15) is 0 Å². The van der Waals surface area contributed by atoms with Crippen LogP contribution in [-0.2, 0) is 22.9 Å². The maximum atomic E-state index is 12.4. The van der Waals surface area contributed by atoms with E-state index >= 15 is 0 Å². The van der Waals surface area contributed by atoms with Crippen molar-refractivity contribution in [2.75, 3.05) is 13.2 Å². The highest BCUT2D eigenvalue weighted by atomic mass is 79.9. The Morgan fingerprint density at radius 3 is 1.64 bits per heavy atom. The third-order valence-corrected chi connectivity index (χ3v) is 10.6. The van der Waals surface area contributed by atoms with E-state index in [2.05, 4.69) is 96.4 Å². The molecule has 4 aromatic rings. The van der Waals surface area contributed by atoms with Gasteiger partial charge in [0.05, 0.1) is 18.0 Å². The smallest absolute Gasteiger partial charge is 0.339 e. The van der Waals surface area contributed by atoms with Crippen LogP contribution in [0.1, 0.15) is 34.6 Å². The van der Waals surface area contributed by atoms with E-state index in [1.807, 2.05) is 18.4 Å². The van der Waals surface area contributed by atoms with Crippen molar-refractivity contribution < 1.29 is 24.2 Å². The van der Waals surface area contributed by atoms with Gasteiger partial charge in [-0.15, -0.1) is 0 Å². The molecule has 0 aromatic carbocycles. The molecule has 0 saturated heterocycles. The summed E-state index contributed by atoms with van der Waals surface area (Å²) in [4.78, 5) is 40.9. The molecular weight excluding hydrogens is 742 g/mol. The fraction of sp³-hybridized carbons (Fsp3) is 0.517. The summed E-state index contributed by atoms with van der Waals surface area (Å²) in [5.74, 6) is -1.17. The number of carbonyl (C=O) groups excluding carboxylic acids is 1. The standard InChI is InChI=1S/C16H25BrN4O2Si.C13H18BrN3O3Si/c1-11(2)19-16(22)12-9-21(10-23-6-7-24(3,4)5)15-14(12)20-13(17)8-18-15;1-21(2,3)5-4-20-8-17-7-9(13(18)19)11-12(17)15-6-10(14)16-11/h8-9,11H,6-7,10H2,1-5H3,(H,19,22);6-7H,4-5,8H2,1-3H3,(H,18,19). The zero-order valence-corrected chi connectivity index (χ0v) is 32.3. The Kier molecular flexibility index (Phi) is 13.0. The first kappa shape index (κ1) is 37.0. The molecule has 4 aromatic heterocycles. The third kappa shape index (κ3) is 11.4. The van der Waals surface area contributed by atoms with Crippen molar-refractivity contribution >= 4 is 82.2 Å². The minimum Gasteiger partial charge on any atom is -0.478 e. The molecule has 1 amide bonds. The molecule has 0 saturated carbocycles. The number of carboxylic acids is 1. The Morgan fingerprint density at radius 2 is 1.24 bits per heavy atom. The first-order valence-electron chi connectivity index (χ1n) is 14.7. The number of aromatic nitrogens is 6. The van der Waals surface area contributed by atoms with Gasteiger partial charge in [0.1, 0.15) is 39.3 Å². The fourth-order valence-electron chi connectivity index (χ4n) is 4.00. The number of hydrogen-bond donors (Lipinski definition) is 2. The van der Waals surface area contributed by atoms with Crippen molar-refractivity contribution in [1.29, 1.82) is 0 Å². The van der Waals surface area contributed by atoms with Crippen LogP contribution in [0, 0.1) is 0 Å². The number of fused-ring (bicyclic) bond motifs is 2. The van der Waals surface area contributed by atoms with E-state index in [1.165, 1.54) is 6.20 Å². The summed E-state index contributed by atoms with van der Waals surface area (Å²) < 4.78 is 16.1. The molecule has 0 bridgehead atoms. The van der Waals surface area contributed by atoms with Gasteiger partial charge in [0.25, 0.3) is 5.91 Å². The Bertz CT molecular complexity index is 1630. The molecule has 0 unspecified atom stereocenters. The highest BCUT2D eigenvalue weighted by molar-refractivity contribution is 9.10. The number of ether oxygens (including phenoxy) is 2. The quantitative estimate of drug-likeness (QED) is 0.110. The van der Waals surface area contributed by atoms with Crippen molar-refractivity contribution in [2.45, 2.75) is 84.7 Å². The Morgan fingerprint density at radius 1 is 0.822 bits per heavy atom. The monoisotopic (exact) mass is 783 g/mol. The predicted octanol–water partition coefficient (Wildman–Crippen LogP) is 6.85. The average molecular weight is 786 g/mol. The summed E-state index contributed by atoms with van der Waals surface area (Å²) >= 11 is 6.53. The normalized spacial score (nSPS) is 12.1. The molecular formula is C29H43Br2N7O5Si2. The molecule has 0 aliphatic carbocycles. The van der Waals surface area contributed by atoms with Gasteiger partial charge in [0, 0.05) is 47.8 Å². The van der Waals surface area contributed by atoms with Crippen LogP contribution in [0.5, 0.6) is 0 Å². The summed E-state index contributed by atoms with van der Waals surface area (Å²) in [5, 5.41) is 12.1. The summed E-state index contributed by atoms with van der Waals surface area (Å²) in [6, 6.07) is 2.23. The van der Waals surface area contributed by atoms with Gasteiger partial charge >= 0.3 is 5.97 Å². The van der Waals surface area contributed by atoms with Gasteiger partial charge in [-0.1, -0.05) is 39.3 Å². The van der Waals surface area contributed by atoms with Crippen LogP contribution in [-0.4, -0.2) is 81.5 Å². The highest BCUT2D eigenvalue weighted by Crippen LogP contribution is 2.22. The lowest BCUT2D eigenvalue weighted by molar-refractivity contribution is 0.0695. The number of nitrogens with one attached hydrogen (secondary N) is 1. The first-order valence-corrected chi connectivity index (χ1v) is 23.7. The second-order valence-electron chi connectivity index (χ2n) is 13.4. The van der Waals surface area contributed by atoms with E-state index in [4.69, 9.17) is 9.47 Å². The molecule has 45 heavy (non-hydrogen) atoms. The number of nitrogens with zero attached hydrogens (tertiary/aromatic N) is 6. The number of aromatic carboxylic acids is 1. The number of carbonyl (C=O) groups is 2. The zero-order chi connectivity index (χ0) is 33.5. The summed E-state index contributed by atoms with van der Waals surface area (Å²) in [5.41, 5.74) is 2.76. The lowest BCUT2D eigenvalue weighted by Crippen LogP contribution is -2.30. The molecule has 0 atom stereocenters. The molecule has 2 N–H and O–H groups in total. The molecule has 16 heteroatoms. The summed E-state index contributed by atoms with van der Waals surface area (Å²) in [6.45, 7) is 19.7. The predicted molar refractivity (Wildman–Crippen MR) is 188 cm³/mol. The molecule has 0 radical (unpaired) electrons. The van der Waals surface area contributed by atoms with Crippen LogP contribution < -0.4 is 5.32 Å². The SMILES string of the molecule is CC(C)NC(=O)c1cn(COCC[Si](C)(C)C)c2ncc(Br)nc12.C[Si](C)(C)CCOCn1cc(C(=O)O)c2nc(Br)cnc21. The largest absolute Gasteiger partial charge is 0.478 e. The molecule has 0 spiro atoms. The maximum absolute atomic E-state index is 12.4. The molecule has 0 fully saturated rings. The number of carboxylic acid groups (broad SMARTS) is 1. The van der Waals surface area contributed by atoms with Crippen LogP contribution in [0.25, 0.3) is 22.3 Å². The van der Waals surface area contributed by atoms with E-state index in [0.717, 1.165) is 12.1 Å². The first-order chi connectivity index (χ1) is 20.9. The van der Waals surface area contributed by atoms with Crippen LogP contribution in [0.2, 0.25) is 51.4 Å². The van der Waals surface area contributed by atoms with E-state index in [9.17, 15) is 14.7 Å². The Balaban J connectivity index is 0.000000248. The molecule has 4 rings (SSSR count). The van der Waals surface area contributed by atoms with Crippen LogP contribution in [0.3, 0.4) is 0 Å². The molecule has 246 valence electrons. The second kappa shape index (κ2) is 15.9. The van der Waals surface area contributed by atoms with Gasteiger partial charge in [-0.25, -0.2) is 24.7 Å². The zero-order valence-electron chi connectivity index (χ0n) is 27.1. The van der Waals surface area contributed by atoms with E-state index < -0.39 is 22.1 Å². The van der Waals surface area contributed by atoms with Crippen molar-refractivity contribution in [3.8, 4) is 0 Å². The average Bonchev–Trinajstić information content (AvgIpc) is 3.46. The Labute approximate surface area is 282 Å². The topological polar surface area (TPSA) is 146 Å². The van der Waals surface area contributed by atoms with Gasteiger partial charge in [-0.05, 0) is 57.8 Å². The van der Waals surface area contributed by atoms with Crippen LogP contribution >= 0.6 is 31.9 Å². The lowest BCUT2D eigenvalue weighted by atomic mass is 10.2. The van der Waals surface area contributed by atoms with Crippen molar-refractivity contribution in [2.24, 2.45) is 0 Å². The van der Waals surface area contributed by atoms with Gasteiger partial charge < -0.3 is 29.0 Å². The maximum Gasteiger partial charge on any atom is 0.339 e. The van der Waals surface area contributed by atoms with Gasteiger partial charge in [-0.3, -0.25) is 4.79 Å². The Hall–Kier alpha value is -2.51. The van der Waals surface area contributed by atoms with Crippen LogP contribution in [0.15, 0.2) is 34.0 Å². The lowest BCUT2D eigenvalue weighted by Gasteiger charge is -2.15. The van der Waals surface area contributed by atoms with E-state index in [0.29, 0.717) is 57.0 Å². The minimum atomic E-state index is -1.13. The van der Waals surface area contributed by atoms with Gasteiger partial charge in [0.2, 0.25) is 0 Å². The highest BCUT2D eigenvalue weighted by Gasteiger charge is 2.20. The fourth-order valence-corrected chi connectivity index (χ4v) is 6.08. The van der Waals surface area contributed by atoms with Crippen molar-refractivity contribution in [1.82, 2.24) is 34.4 Å². The van der Waals surface area contributed by atoms with E-state index in [1.54, 1.807) is 23.2 Å². The molecule has 4 heterocycles.